The number of rotatable bonds is 0. The molecule has 1 saturated heterocycles. The zero-order valence-electron chi connectivity index (χ0n) is 9.57. The van der Waals surface area contributed by atoms with Gasteiger partial charge in [0.25, 0.3) is 0 Å². The monoisotopic (exact) mass is 208 g/mol. The normalized spacial score (nSPS) is 23.3. The smallest absolute Gasteiger partial charge is 0.411 e. The number of hydrogen-bond acceptors (Lipinski definition) is 3. The largest absolute Gasteiger partial charge is 0.444 e. The maximum absolute atomic E-state index is 11.6. The molecule has 1 aliphatic heterocycles. The van der Waals surface area contributed by atoms with Gasteiger partial charge in [-0.05, 0) is 33.3 Å². The fourth-order valence-electron chi connectivity index (χ4n) is 1.35. The molecule has 1 heterocycles. The Hall–Kier alpha value is -1.50. The van der Waals surface area contributed by atoms with Crippen LogP contribution in [-0.2, 0) is 4.74 Å². The van der Waals surface area contributed by atoms with E-state index >= 15 is 0 Å². The van der Waals surface area contributed by atoms with E-state index < -0.39 is 5.60 Å². The van der Waals surface area contributed by atoms with Crippen molar-refractivity contribution in [3.05, 3.63) is 11.6 Å². The lowest BCUT2D eigenvalue weighted by Gasteiger charge is -2.41. The van der Waals surface area contributed by atoms with Crippen LogP contribution in [0.4, 0.5) is 4.79 Å². The first-order valence-electron chi connectivity index (χ1n) is 4.93. The molecule has 4 heteroatoms. The molecule has 15 heavy (non-hydrogen) atoms. The topological polar surface area (TPSA) is 53.3 Å². The Labute approximate surface area is 90.1 Å². The Balaban J connectivity index is 2.54. The van der Waals surface area contributed by atoms with Crippen LogP contribution in [0.1, 0.15) is 27.7 Å². The minimum Gasteiger partial charge on any atom is -0.444 e. The molecule has 0 aliphatic carbocycles. The quantitative estimate of drug-likeness (QED) is 0.573. The summed E-state index contributed by atoms with van der Waals surface area (Å²) in [4.78, 5) is 13.2. The fourth-order valence-corrected chi connectivity index (χ4v) is 1.35. The van der Waals surface area contributed by atoms with Gasteiger partial charge in [0.1, 0.15) is 5.60 Å². The van der Waals surface area contributed by atoms with Crippen molar-refractivity contribution in [1.82, 2.24) is 4.90 Å². The summed E-state index contributed by atoms with van der Waals surface area (Å²) in [5.74, 6) is 0. The van der Waals surface area contributed by atoms with Crippen molar-refractivity contribution in [1.29, 1.82) is 5.26 Å². The van der Waals surface area contributed by atoms with Gasteiger partial charge in [0.05, 0.1) is 12.1 Å². The molecule has 0 bridgehead atoms. The van der Waals surface area contributed by atoms with Gasteiger partial charge in [-0.15, -0.1) is 0 Å². The van der Waals surface area contributed by atoms with Crippen LogP contribution in [-0.4, -0.2) is 29.2 Å². The molecule has 4 nitrogen and oxygen atoms in total. The predicted molar refractivity (Wildman–Crippen MR) is 56.1 cm³/mol. The maximum atomic E-state index is 11.6. The molecule has 0 saturated carbocycles. The van der Waals surface area contributed by atoms with Crippen LogP contribution in [0.2, 0.25) is 0 Å². The van der Waals surface area contributed by atoms with E-state index in [-0.39, 0.29) is 12.1 Å². The van der Waals surface area contributed by atoms with Crippen LogP contribution in [0.5, 0.6) is 0 Å². The predicted octanol–water partition coefficient (Wildman–Crippen LogP) is 2.08. The van der Waals surface area contributed by atoms with Crippen molar-refractivity contribution >= 4 is 6.09 Å². The van der Waals surface area contributed by atoms with E-state index in [4.69, 9.17) is 10.00 Å². The number of carbonyl (C=O) groups excluding carboxylic acids is 1. The fraction of sp³-hybridized carbons (Fsp3) is 0.636. The van der Waals surface area contributed by atoms with Crippen molar-refractivity contribution in [2.45, 2.75) is 39.3 Å². The van der Waals surface area contributed by atoms with E-state index in [0.717, 1.165) is 5.57 Å². The van der Waals surface area contributed by atoms with E-state index in [9.17, 15) is 4.79 Å². The molecule has 1 atom stereocenters. The third-order valence-electron chi connectivity index (χ3n) is 2.23. The number of allylic oxidation sites excluding steroid dienone is 1. The zero-order chi connectivity index (χ0) is 11.6. The summed E-state index contributed by atoms with van der Waals surface area (Å²) in [5.41, 5.74) is 0.509. The molecular weight excluding hydrogens is 192 g/mol. The molecule has 0 aromatic heterocycles. The van der Waals surface area contributed by atoms with Gasteiger partial charge in [-0.25, -0.2) is 4.79 Å². The Bertz CT molecular complexity index is 333. The summed E-state index contributed by atoms with van der Waals surface area (Å²) in [6.45, 7) is 7.89. The van der Waals surface area contributed by atoms with Gasteiger partial charge in [0.2, 0.25) is 0 Å². The van der Waals surface area contributed by atoms with Crippen molar-refractivity contribution in [2.75, 3.05) is 6.54 Å². The van der Waals surface area contributed by atoms with Gasteiger partial charge in [0.15, 0.2) is 0 Å². The molecule has 0 aromatic rings. The van der Waals surface area contributed by atoms with Crippen molar-refractivity contribution in [2.24, 2.45) is 0 Å². The first-order chi connectivity index (χ1) is 6.85. The Morgan fingerprint density at radius 3 is 2.67 bits per heavy atom. The highest BCUT2D eigenvalue weighted by Crippen LogP contribution is 2.25. The molecule has 0 unspecified atom stereocenters. The van der Waals surface area contributed by atoms with Gasteiger partial charge in [-0.2, -0.15) is 5.26 Å². The van der Waals surface area contributed by atoms with Gasteiger partial charge in [-0.3, -0.25) is 4.90 Å². The van der Waals surface area contributed by atoms with Crippen LogP contribution in [0.3, 0.4) is 0 Å². The number of likely N-dealkylation sites (tertiary alicyclic amines) is 1. The van der Waals surface area contributed by atoms with Gasteiger partial charge in [0, 0.05) is 12.6 Å². The molecule has 82 valence electrons. The number of nitriles is 1. The Kier molecular flexibility index (Phi) is 3.04. The molecule has 0 N–H and O–H groups in total. The molecule has 1 aliphatic rings. The number of hydrogen-bond donors (Lipinski definition) is 0. The summed E-state index contributed by atoms with van der Waals surface area (Å²) >= 11 is 0. The van der Waals surface area contributed by atoms with Gasteiger partial charge < -0.3 is 4.74 Å². The lowest BCUT2D eigenvalue weighted by molar-refractivity contribution is 0.0119. The number of ether oxygens (including phenoxy) is 1. The van der Waals surface area contributed by atoms with E-state index in [1.54, 1.807) is 4.90 Å². The average Bonchev–Trinajstić information content (AvgIpc) is 2.07. The lowest BCUT2D eigenvalue weighted by Crippen LogP contribution is -2.53. The third-order valence-corrected chi connectivity index (χ3v) is 2.23. The molecule has 1 rings (SSSR count). The van der Waals surface area contributed by atoms with Crippen molar-refractivity contribution in [3.8, 4) is 6.07 Å². The number of nitrogens with zero attached hydrogens (tertiary/aromatic N) is 2. The standard InChI is InChI=1S/C11H16N2O2/c1-8-9(5-6-12)7-13(8)10(14)15-11(2,3)4/h5,8H,7H2,1-4H3/b9-5-/t8-/m1/s1. The van der Waals surface area contributed by atoms with E-state index in [2.05, 4.69) is 0 Å². The molecule has 1 fully saturated rings. The molecule has 0 radical (unpaired) electrons. The summed E-state index contributed by atoms with van der Waals surface area (Å²) in [5, 5.41) is 8.47. The Morgan fingerprint density at radius 2 is 2.27 bits per heavy atom. The number of amides is 1. The SMILES string of the molecule is C[C@@H]1/C(=C\C#N)CN1C(=O)OC(C)(C)C. The molecule has 0 aromatic carbocycles. The average molecular weight is 208 g/mol. The van der Waals surface area contributed by atoms with E-state index in [1.807, 2.05) is 33.8 Å². The minimum absolute atomic E-state index is 0.0144. The second-order valence-electron chi connectivity index (χ2n) is 4.63. The molecular formula is C11H16N2O2. The lowest BCUT2D eigenvalue weighted by atomic mass is 9.98. The second kappa shape index (κ2) is 3.93. The highest BCUT2D eigenvalue weighted by atomic mass is 16.6. The third kappa shape index (κ3) is 2.72. The van der Waals surface area contributed by atoms with Crippen LogP contribution < -0.4 is 0 Å². The zero-order valence-corrected chi connectivity index (χ0v) is 9.57. The highest BCUT2D eigenvalue weighted by Gasteiger charge is 2.36. The van der Waals surface area contributed by atoms with Crippen LogP contribution in [0.25, 0.3) is 0 Å². The van der Waals surface area contributed by atoms with Crippen LogP contribution >= 0.6 is 0 Å². The first kappa shape index (κ1) is 11.6. The van der Waals surface area contributed by atoms with E-state index in [1.165, 1.54) is 6.08 Å². The van der Waals surface area contributed by atoms with Crippen molar-refractivity contribution < 1.29 is 9.53 Å². The Morgan fingerprint density at radius 1 is 1.67 bits per heavy atom. The molecule has 1 amide bonds. The second-order valence-corrected chi connectivity index (χ2v) is 4.63. The van der Waals surface area contributed by atoms with Gasteiger partial charge in [-0.1, -0.05) is 0 Å². The van der Waals surface area contributed by atoms with Crippen LogP contribution in [0.15, 0.2) is 11.6 Å². The van der Waals surface area contributed by atoms with Crippen LogP contribution in [0, 0.1) is 11.3 Å². The van der Waals surface area contributed by atoms with E-state index in [0.29, 0.717) is 6.54 Å². The van der Waals surface area contributed by atoms with Gasteiger partial charge >= 0.3 is 6.09 Å². The summed E-state index contributed by atoms with van der Waals surface area (Å²) in [7, 11) is 0. The number of carbonyl (C=O) groups is 1. The van der Waals surface area contributed by atoms with Crippen molar-refractivity contribution in [3.63, 3.8) is 0 Å². The highest BCUT2D eigenvalue weighted by molar-refractivity contribution is 5.71. The molecule has 0 spiro atoms. The minimum atomic E-state index is -0.467. The summed E-state index contributed by atoms with van der Waals surface area (Å²) < 4.78 is 5.22. The summed E-state index contributed by atoms with van der Waals surface area (Å²) in [6.07, 6.45) is 1.18. The maximum Gasteiger partial charge on any atom is 0.411 e. The first-order valence-corrected chi connectivity index (χ1v) is 4.93. The summed E-state index contributed by atoms with van der Waals surface area (Å²) in [6, 6.07) is 1.95.